The van der Waals surface area contributed by atoms with E-state index in [0.29, 0.717) is 0 Å². The summed E-state index contributed by atoms with van der Waals surface area (Å²) in [6.45, 7) is 0.856. The van der Waals surface area contributed by atoms with Crippen LogP contribution in [-0.2, 0) is 0 Å². The van der Waals surface area contributed by atoms with E-state index in [1.807, 2.05) is 23.1 Å². The minimum atomic E-state index is 0.208. The molecule has 1 aromatic carbocycles. The topological polar surface area (TPSA) is 20.3 Å². The van der Waals surface area contributed by atoms with Crippen LogP contribution in [-0.4, -0.2) is 17.4 Å². The molecule has 2 aliphatic rings. The van der Waals surface area contributed by atoms with Gasteiger partial charge in [0.1, 0.15) is 0 Å². The Morgan fingerprint density at radius 2 is 2.07 bits per heavy atom. The lowest BCUT2D eigenvalue weighted by Gasteiger charge is -2.22. The van der Waals surface area contributed by atoms with Crippen molar-refractivity contribution in [2.45, 2.75) is 18.9 Å². The van der Waals surface area contributed by atoms with Crippen molar-refractivity contribution >= 4 is 5.91 Å². The highest BCUT2D eigenvalue weighted by Crippen LogP contribution is 2.37. The third-order valence-corrected chi connectivity index (χ3v) is 3.25. The molecule has 1 unspecified atom stereocenters. The molecule has 2 heterocycles. The predicted octanol–water partition coefficient (Wildman–Crippen LogP) is 2.53. The number of benzene rings is 1. The van der Waals surface area contributed by atoms with E-state index in [9.17, 15) is 4.79 Å². The Morgan fingerprint density at radius 3 is 3.00 bits per heavy atom. The number of hydrogen-bond acceptors (Lipinski definition) is 1. The molecule has 0 saturated heterocycles. The fourth-order valence-electron chi connectivity index (χ4n) is 2.51. The summed E-state index contributed by atoms with van der Waals surface area (Å²) >= 11 is 0. The lowest BCUT2D eigenvalue weighted by molar-refractivity contribution is 0.0734. The number of rotatable bonds is 0. The fraction of sp³-hybridized carbons (Fsp3) is 0.308. The highest BCUT2D eigenvalue weighted by atomic mass is 16.2. The average molecular weight is 199 g/mol. The molecule has 0 radical (unpaired) electrons. The van der Waals surface area contributed by atoms with Gasteiger partial charge in [-0.3, -0.25) is 4.79 Å². The molecule has 0 fully saturated rings. The van der Waals surface area contributed by atoms with Gasteiger partial charge in [0.25, 0.3) is 5.91 Å². The van der Waals surface area contributed by atoms with E-state index in [1.165, 1.54) is 5.56 Å². The normalized spacial score (nSPS) is 23.6. The van der Waals surface area contributed by atoms with Crippen LogP contribution in [0.2, 0.25) is 0 Å². The van der Waals surface area contributed by atoms with Gasteiger partial charge in [-0.05, 0) is 24.5 Å². The molecule has 2 aliphatic heterocycles. The van der Waals surface area contributed by atoms with Crippen molar-refractivity contribution in [1.82, 2.24) is 4.90 Å². The van der Waals surface area contributed by atoms with E-state index in [4.69, 9.17) is 0 Å². The summed E-state index contributed by atoms with van der Waals surface area (Å²) in [5.74, 6) is 0.208. The highest BCUT2D eigenvalue weighted by molar-refractivity contribution is 5.99. The molecular formula is C13H13NO. The van der Waals surface area contributed by atoms with Crippen LogP contribution in [0.15, 0.2) is 36.4 Å². The molecule has 0 saturated carbocycles. The second-order valence-electron chi connectivity index (χ2n) is 4.10. The predicted molar refractivity (Wildman–Crippen MR) is 58.6 cm³/mol. The van der Waals surface area contributed by atoms with E-state index in [0.717, 1.165) is 24.9 Å². The van der Waals surface area contributed by atoms with Gasteiger partial charge in [0, 0.05) is 12.1 Å². The van der Waals surface area contributed by atoms with Crippen molar-refractivity contribution in [1.29, 1.82) is 0 Å². The van der Waals surface area contributed by atoms with Crippen LogP contribution in [0, 0.1) is 0 Å². The zero-order valence-corrected chi connectivity index (χ0v) is 8.52. The van der Waals surface area contributed by atoms with Gasteiger partial charge in [0.2, 0.25) is 0 Å². The first kappa shape index (κ1) is 8.72. The molecule has 1 amide bonds. The molecule has 15 heavy (non-hydrogen) atoms. The maximum absolute atomic E-state index is 12.1. The SMILES string of the molecule is O=C1c2ccccc2C2CC=CCCN12. The minimum absolute atomic E-state index is 0.208. The van der Waals surface area contributed by atoms with Crippen LogP contribution < -0.4 is 0 Å². The van der Waals surface area contributed by atoms with Crippen LogP contribution in [0.5, 0.6) is 0 Å². The monoisotopic (exact) mass is 199 g/mol. The summed E-state index contributed by atoms with van der Waals surface area (Å²) in [5, 5.41) is 0. The lowest BCUT2D eigenvalue weighted by Crippen LogP contribution is -2.27. The molecule has 0 spiro atoms. The fourth-order valence-corrected chi connectivity index (χ4v) is 2.51. The number of fused-ring (bicyclic) bond motifs is 3. The van der Waals surface area contributed by atoms with E-state index in [2.05, 4.69) is 18.2 Å². The quantitative estimate of drug-likeness (QED) is 0.588. The number of carbonyl (C=O) groups excluding carboxylic acids is 1. The Labute approximate surface area is 89.2 Å². The van der Waals surface area contributed by atoms with Crippen LogP contribution in [0.3, 0.4) is 0 Å². The van der Waals surface area contributed by atoms with Crippen molar-refractivity contribution in [2.24, 2.45) is 0 Å². The molecule has 2 heteroatoms. The summed E-state index contributed by atoms with van der Waals surface area (Å²) in [5.41, 5.74) is 2.10. The van der Waals surface area contributed by atoms with Gasteiger partial charge >= 0.3 is 0 Å². The highest BCUT2D eigenvalue weighted by Gasteiger charge is 2.35. The molecule has 2 nitrogen and oxygen atoms in total. The van der Waals surface area contributed by atoms with Crippen molar-refractivity contribution in [3.8, 4) is 0 Å². The Balaban J connectivity index is 2.10. The van der Waals surface area contributed by atoms with Gasteiger partial charge in [-0.25, -0.2) is 0 Å². The first-order valence-corrected chi connectivity index (χ1v) is 5.43. The van der Waals surface area contributed by atoms with Gasteiger partial charge in [-0.15, -0.1) is 0 Å². The van der Waals surface area contributed by atoms with Crippen molar-refractivity contribution in [3.05, 3.63) is 47.5 Å². The zero-order chi connectivity index (χ0) is 10.3. The Hall–Kier alpha value is -1.57. The van der Waals surface area contributed by atoms with Gasteiger partial charge in [0.15, 0.2) is 0 Å². The Morgan fingerprint density at radius 1 is 1.20 bits per heavy atom. The summed E-state index contributed by atoms with van der Waals surface area (Å²) in [7, 11) is 0. The van der Waals surface area contributed by atoms with Gasteiger partial charge in [-0.1, -0.05) is 30.4 Å². The molecule has 0 bridgehead atoms. The number of nitrogens with zero attached hydrogens (tertiary/aromatic N) is 1. The maximum Gasteiger partial charge on any atom is 0.254 e. The number of amides is 1. The van der Waals surface area contributed by atoms with E-state index >= 15 is 0 Å². The van der Waals surface area contributed by atoms with Gasteiger partial charge < -0.3 is 4.90 Å². The average Bonchev–Trinajstić information content (AvgIpc) is 2.48. The van der Waals surface area contributed by atoms with Crippen LogP contribution in [0.1, 0.15) is 34.8 Å². The van der Waals surface area contributed by atoms with Gasteiger partial charge in [0.05, 0.1) is 6.04 Å². The minimum Gasteiger partial charge on any atom is -0.331 e. The first-order valence-electron chi connectivity index (χ1n) is 5.43. The molecule has 3 rings (SSSR count). The largest absolute Gasteiger partial charge is 0.331 e. The van der Waals surface area contributed by atoms with Crippen LogP contribution >= 0.6 is 0 Å². The van der Waals surface area contributed by atoms with Crippen molar-refractivity contribution in [2.75, 3.05) is 6.54 Å². The molecule has 0 N–H and O–H groups in total. The van der Waals surface area contributed by atoms with E-state index in [-0.39, 0.29) is 11.9 Å². The van der Waals surface area contributed by atoms with Gasteiger partial charge in [-0.2, -0.15) is 0 Å². The van der Waals surface area contributed by atoms with Crippen molar-refractivity contribution in [3.63, 3.8) is 0 Å². The molecule has 0 aliphatic carbocycles. The van der Waals surface area contributed by atoms with E-state index < -0.39 is 0 Å². The van der Waals surface area contributed by atoms with Crippen LogP contribution in [0.25, 0.3) is 0 Å². The maximum atomic E-state index is 12.1. The Bertz CT molecular complexity index is 436. The summed E-state index contributed by atoms with van der Waals surface area (Å²) < 4.78 is 0. The molecule has 76 valence electrons. The first-order chi connectivity index (χ1) is 7.38. The third-order valence-electron chi connectivity index (χ3n) is 3.25. The summed E-state index contributed by atoms with van der Waals surface area (Å²) in [6.07, 6.45) is 6.31. The summed E-state index contributed by atoms with van der Waals surface area (Å²) in [6, 6.07) is 8.27. The molecule has 1 aromatic rings. The third kappa shape index (κ3) is 1.21. The smallest absolute Gasteiger partial charge is 0.254 e. The summed E-state index contributed by atoms with van der Waals surface area (Å²) in [4.78, 5) is 14.1. The molecule has 1 atom stereocenters. The number of hydrogen-bond donors (Lipinski definition) is 0. The standard InChI is InChI=1S/C13H13NO/c15-13-11-7-4-3-6-10(11)12-8-2-1-5-9-14(12)13/h1-4,6-7,12H,5,8-9H2. The lowest BCUT2D eigenvalue weighted by atomic mass is 10.0. The Kier molecular flexibility index (Phi) is 1.88. The number of carbonyl (C=O) groups is 1. The molecule has 0 aromatic heterocycles. The second kappa shape index (κ2) is 3.23. The zero-order valence-electron chi connectivity index (χ0n) is 8.52. The van der Waals surface area contributed by atoms with E-state index in [1.54, 1.807) is 0 Å². The van der Waals surface area contributed by atoms with Crippen molar-refractivity contribution < 1.29 is 4.79 Å². The second-order valence-corrected chi connectivity index (χ2v) is 4.10. The van der Waals surface area contributed by atoms with Crippen LogP contribution in [0.4, 0.5) is 0 Å². The molecular weight excluding hydrogens is 186 g/mol.